The summed E-state index contributed by atoms with van der Waals surface area (Å²) in [6.07, 6.45) is 1.27. The van der Waals surface area contributed by atoms with E-state index in [2.05, 4.69) is 9.59 Å². The molecule has 112 valence electrons. The van der Waals surface area contributed by atoms with Gasteiger partial charge in [-0.1, -0.05) is 31.7 Å². The number of aromatic nitrogens is 2. The number of nitrogens with zero attached hydrogens (tertiary/aromatic N) is 2. The molecule has 20 heavy (non-hydrogen) atoms. The van der Waals surface area contributed by atoms with Crippen LogP contribution in [0.2, 0.25) is 0 Å². The summed E-state index contributed by atoms with van der Waals surface area (Å²) in [5.41, 5.74) is 0.116. The van der Waals surface area contributed by atoms with Crippen LogP contribution < -0.4 is 0 Å². The summed E-state index contributed by atoms with van der Waals surface area (Å²) in [4.78, 5) is 23.7. The molecule has 0 aliphatic rings. The summed E-state index contributed by atoms with van der Waals surface area (Å²) in [5, 5.41) is 5.11. The molecule has 0 saturated carbocycles. The fourth-order valence-electron chi connectivity index (χ4n) is 1.47. The van der Waals surface area contributed by atoms with E-state index in [9.17, 15) is 9.59 Å². The molecule has 0 aliphatic heterocycles. The van der Waals surface area contributed by atoms with Crippen molar-refractivity contribution in [1.82, 2.24) is 9.59 Å². The van der Waals surface area contributed by atoms with Crippen LogP contribution >= 0.6 is 11.5 Å². The minimum atomic E-state index is -0.888. The molecule has 1 heterocycles. The molecule has 0 amide bonds. The highest BCUT2D eigenvalue weighted by Gasteiger charge is 2.27. The van der Waals surface area contributed by atoms with Crippen LogP contribution in [0.5, 0.6) is 0 Å². The summed E-state index contributed by atoms with van der Waals surface area (Å²) < 4.78 is 13.9. The zero-order valence-electron chi connectivity index (χ0n) is 12.0. The molecule has 0 bridgehead atoms. The molecule has 0 spiro atoms. The van der Waals surface area contributed by atoms with Crippen LogP contribution in [0.1, 0.15) is 50.5 Å². The maximum atomic E-state index is 11.9. The Morgan fingerprint density at radius 1 is 1.40 bits per heavy atom. The maximum Gasteiger partial charge on any atom is 0.360 e. The van der Waals surface area contributed by atoms with Gasteiger partial charge in [-0.3, -0.25) is 0 Å². The van der Waals surface area contributed by atoms with Crippen molar-refractivity contribution >= 4 is 23.5 Å². The largest absolute Gasteiger partial charge is 0.463 e. The minimum absolute atomic E-state index is 0.116. The van der Waals surface area contributed by atoms with Crippen LogP contribution in [0.25, 0.3) is 0 Å². The van der Waals surface area contributed by atoms with Crippen LogP contribution in [0, 0.1) is 5.92 Å². The lowest BCUT2D eigenvalue weighted by Crippen LogP contribution is -2.31. The van der Waals surface area contributed by atoms with Gasteiger partial charge in [0.25, 0.3) is 0 Å². The molecule has 0 aliphatic carbocycles. The lowest BCUT2D eigenvalue weighted by atomic mass is 10.1. The zero-order chi connectivity index (χ0) is 15.0. The highest BCUT2D eigenvalue weighted by Crippen LogP contribution is 2.13. The molecule has 0 unspecified atom stereocenters. The number of esters is 2. The second-order valence-corrected chi connectivity index (χ2v) is 5.44. The third kappa shape index (κ3) is 5.64. The SMILES string of the molecule is CCCCOC(=O)[C@@H](CC(C)C)OC(=O)c1csnn1. The van der Waals surface area contributed by atoms with Crippen molar-refractivity contribution in [3.05, 3.63) is 11.1 Å². The molecular weight excluding hydrogens is 280 g/mol. The molecule has 1 rings (SSSR count). The lowest BCUT2D eigenvalue weighted by Gasteiger charge is -2.17. The number of unbranched alkanes of at least 4 members (excludes halogenated alkanes) is 1. The van der Waals surface area contributed by atoms with Crippen LogP contribution in [-0.2, 0) is 14.3 Å². The smallest absolute Gasteiger partial charge is 0.360 e. The zero-order valence-corrected chi connectivity index (χ0v) is 12.8. The van der Waals surface area contributed by atoms with Crippen LogP contribution in [0.3, 0.4) is 0 Å². The van der Waals surface area contributed by atoms with Gasteiger partial charge >= 0.3 is 11.9 Å². The summed E-state index contributed by atoms with van der Waals surface area (Å²) in [6.45, 7) is 6.25. The summed E-state index contributed by atoms with van der Waals surface area (Å²) in [5.74, 6) is -0.930. The van der Waals surface area contributed by atoms with Crippen molar-refractivity contribution in [2.24, 2.45) is 5.92 Å². The molecule has 1 aromatic rings. The van der Waals surface area contributed by atoms with Gasteiger partial charge in [0.15, 0.2) is 11.8 Å². The van der Waals surface area contributed by atoms with Gasteiger partial charge in [0.05, 0.1) is 6.61 Å². The predicted octanol–water partition coefficient (Wildman–Crippen LogP) is 2.45. The third-order valence-electron chi connectivity index (χ3n) is 2.51. The molecule has 0 aromatic carbocycles. The first-order valence-electron chi connectivity index (χ1n) is 6.69. The number of carbonyl (C=O) groups excluding carboxylic acids is 2. The molecule has 1 atom stereocenters. The Kier molecular flexibility index (Phi) is 7.14. The van der Waals surface area contributed by atoms with Crippen LogP contribution in [0.4, 0.5) is 0 Å². The quantitative estimate of drug-likeness (QED) is 0.542. The second-order valence-electron chi connectivity index (χ2n) is 4.83. The van der Waals surface area contributed by atoms with E-state index in [0.29, 0.717) is 13.0 Å². The van der Waals surface area contributed by atoms with Crippen molar-refractivity contribution in [2.75, 3.05) is 6.61 Å². The topological polar surface area (TPSA) is 78.4 Å². The fraction of sp³-hybridized carbons (Fsp3) is 0.692. The standard InChI is InChI=1S/C13H20N2O4S/c1-4-5-6-18-13(17)11(7-9(2)3)19-12(16)10-8-20-15-14-10/h8-9,11H,4-7H2,1-3H3/t11-/m1/s1. The van der Waals surface area contributed by atoms with E-state index >= 15 is 0 Å². The van der Waals surface area contributed by atoms with Crippen molar-refractivity contribution in [3.63, 3.8) is 0 Å². The van der Waals surface area contributed by atoms with Crippen molar-refractivity contribution in [2.45, 2.75) is 46.1 Å². The van der Waals surface area contributed by atoms with Gasteiger partial charge in [-0.2, -0.15) is 0 Å². The minimum Gasteiger partial charge on any atom is -0.463 e. The maximum absolute atomic E-state index is 11.9. The first kappa shape index (κ1) is 16.6. The van der Waals surface area contributed by atoms with Crippen LogP contribution in [-0.4, -0.2) is 34.2 Å². The van der Waals surface area contributed by atoms with E-state index in [1.165, 1.54) is 5.38 Å². The Balaban J connectivity index is 2.59. The van der Waals surface area contributed by atoms with Gasteiger partial charge in [0.2, 0.25) is 0 Å². The lowest BCUT2D eigenvalue weighted by molar-refractivity contribution is -0.155. The molecule has 0 fully saturated rings. The summed E-state index contributed by atoms with van der Waals surface area (Å²) in [7, 11) is 0. The van der Waals surface area contributed by atoms with Crippen molar-refractivity contribution in [1.29, 1.82) is 0 Å². The van der Waals surface area contributed by atoms with E-state index in [1.54, 1.807) is 0 Å². The Hall–Kier alpha value is -1.50. The van der Waals surface area contributed by atoms with Crippen LogP contribution in [0.15, 0.2) is 5.38 Å². The first-order valence-corrected chi connectivity index (χ1v) is 7.52. The van der Waals surface area contributed by atoms with E-state index in [4.69, 9.17) is 9.47 Å². The highest BCUT2D eigenvalue weighted by molar-refractivity contribution is 7.03. The fourth-order valence-corrected chi connectivity index (χ4v) is 1.90. The van der Waals surface area contributed by atoms with E-state index in [1.807, 2.05) is 20.8 Å². The molecule has 6 nitrogen and oxygen atoms in total. The molecule has 1 aromatic heterocycles. The number of hydrogen-bond donors (Lipinski definition) is 0. The number of rotatable bonds is 8. The molecule has 7 heteroatoms. The van der Waals surface area contributed by atoms with E-state index in [-0.39, 0.29) is 11.6 Å². The number of ether oxygens (including phenoxy) is 2. The van der Waals surface area contributed by atoms with Gasteiger partial charge in [-0.15, -0.1) is 5.10 Å². The Morgan fingerprint density at radius 2 is 2.15 bits per heavy atom. The van der Waals surface area contributed by atoms with Gasteiger partial charge < -0.3 is 9.47 Å². The summed E-state index contributed by atoms with van der Waals surface area (Å²) in [6, 6.07) is 0. The first-order chi connectivity index (χ1) is 9.54. The van der Waals surface area contributed by atoms with Crippen molar-refractivity contribution in [3.8, 4) is 0 Å². The average molecular weight is 300 g/mol. The summed E-state index contributed by atoms with van der Waals surface area (Å²) >= 11 is 1.06. The Morgan fingerprint density at radius 3 is 2.70 bits per heavy atom. The monoisotopic (exact) mass is 300 g/mol. The Bertz CT molecular complexity index is 420. The molecular formula is C13H20N2O4S. The molecule has 0 N–H and O–H groups in total. The van der Waals surface area contributed by atoms with E-state index in [0.717, 1.165) is 24.4 Å². The molecule has 0 saturated heterocycles. The third-order valence-corrected chi connectivity index (χ3v) is 3.01. The molecule has 0 radical (unpaired) electrons. The van der Waals surface area contributed by atoms with Gasteiger partial charge in [0.1, 0.15) is 0 Å². The van der Waals surface area contributed by atoms with E-state index < -0.39 is 18.0 Å². The highest BCUT2D eigenvalue weighted by atomic mass is 32.1. The van der Waals surface area contributed by atoms with Gasteiger partial charge in [-0.05, 0) is 30.3 Å². The average Bonchev–Trinajstić information content (AvgIpc) is 2.91. The predicted molar refractivity (Wildman–Crippen MR) is 74.4 cm³/mol. The Labute approximate surface area is 122 Å². The number of carbonyl (C=O) groups is 2. The second kappa shape index (κ2) is 8.63. The number of hydrogen-bond acceptors (Lipinski definition) is 7. The normalized spacial score (nSPS) is 12.2. The van der Waals surface area contributed by atoms with Gasteiger partial charge in [0, 0.05) is 5.38 Å². The van der Waals surface area contributed by atoms with Crippen molar-refractivity contribution < 1.29 is 19.1 Å². The van der Waals surface area contributed by atoms with Gasteiger partial charge in [-0.25, -0.2) is 9.59 Å².